The Morgan fingerprint density at radius 3 is 2.96 bits per heavy atom. The first-order chi connectivity index (χ1) is 10.8. The van der Waals surface area contributed by atoms with Crippen LogP contribution >= 0.6 is 11.3 Å². The molecular formula is C17H27N3O2S. The van der Waals surface area contributed by atoms with E-state index in [-0.39, 0.29) is 5.91 Å². The van der Waals surface area contributed by atoms with E-state index in [0.717, 1.165) is 22.8 Å². The topological polar surface area (TPSA) is 66.6 Å². The summed E-state index contributed by atoms with van der Waals surface area (Å²) in [6.07, 6.45) is 4.75. The van der Waals surface area contributed by atoms with Gasteiger partial charge >= 0.3 is 0 Å². The van der Waals surface area contributed by atoms with E-state index < -0.39 is 5.60 Å². The van der Waals surface area contributed by atoms with E-state index >= 15 is 0 Å². The zero-order valence-corrected chi connectivity index (χ0v) is 15.2. The molecule has 128 valence electrons. The summed E-state index contributed by atoms with van der Waals surface area (Å²) in [5.74, 6) is 0.530. The summed E-state index contributed by atoms with van der Waals surface area (Å²) in [6, 6.07) is 0. The van der Waals surface area contributed by atoms with Crippen LogP contribution in [0.3, 0.4) is 0 Å². The Bertz CT molecular complexity index is 658. The second-order valence-electron chi connectivity index (χ2n) is 6.97. The van der Waals surface area contributed by atoms with Gasteiger partial charge < -0.3 is 10.4 Å². The van der Waals surface area contributed by atoms with Crippen LogP contribution in [0.15, 0.2) is 11.6 Å². The van der Waals surface area contributed by atoms with Gasteiger partial charge in [-0.25, -0.2) is 4.98 Å². The molecule has 23 heavy (non-hydrogen) atoms. The van der Waals surface area contributed by atoms with Crippen molar-refractivity contribution in [3.8, 4) is 0 Å². The highest BCUT2D eigenvalue weighted by Crippen LogP contribution is 2.18. The van der Waals surface area contributed by atoms with E-state index in [1.165, 1.54) is 0 Å². The van der Waals surface area contributed by atoms with E-state index in [2.05, 4.69) is 24.1 Å². The number of rotatable bonds is 8. The Hall–Kier alpha value is -1.40. The third kappa shape index (κ3) is 5.32. The Balaban J connectivity index is 1.78. The molecule has 0 fully saturated rings. The quantitative estimate of drug-likeness (QED) is 0.778. The van der Waals surface area contributed by atoms with Crippen molar-refractivity contribution in [3.05, 3.63) is 23.0 Å². The van der Waals surface area contributed by atoms with E-state index in [1.807, 2.05) is 22.9 Å². The second kappa shape index (κ2) is 7.45. The number of carbonyl (C=O) groups is 1. The standard InChI is InChI=1S/C17H27N3O2S/c1-12(2)7-8-17(4,22)11-18-15(21)6-5-14-10-23-16-19-13(3)9-20(14)16/h9-10,12,22H,5-8,11H2,1-4H3,(H,18,21). The fourth-order valence-electron chi connectivity index (χ4n) is 2.43. The lowest BCUT2D eigenvalue weighted by Crippen LogP contribution is -2.40. The number of aromatic nitrogens is 2. The summed E-state index contributed by atoms with van der Waals surface area (Å²) in [7, 11) is 0. The minimum Gasteiger partial charge on any atom is -0.388 e. The van der Waals surface area contributed by atoms with E-state index in [1.54, 1.807) is 18.3 Å². The van der Waals surface area contributed by atoms with Gasteiger partial charge in [0.2, 0.25) is 5.91 Å². The molecule has 0 saturated heterocycles. The zero-order chi connectivity index (χ0) is 17.0. The van der Waals surface area contributed by atoms with Crippen LogP contribution in [0, 0.1) is 12.8 Å². The van der Waals surface area contributed by atoms with Crippen molar-refractivity contribution in [2.24, 2.45) is 5.92 Å². The minimum atomic E-state index is -0.836. The fraction of sp³-hybridized carbons (Fsp3) is 0.647. The lowest BCUT2D eigenvalue weighted by molar-refractivity contribution is -0.122. The van der Waals surface area contributed by atoms with Gasteiger partial charge in [-0.3, -0.25) is 9.20 Å². The molecule has 0 radical (unpaired) electrons. The molecule has 0 spiro atoms. The van der Waals surface area contributed by atoms with Crippen LogP contribution < -0.4 is 5.32 Å². The summed E-state index contributed by atoms with van der Waals surface area (Å²) in [6.45, 7) is 8.33. The van der Waals surface area contributed by atoms with Crippen LogP contribution in [-0.2, 0) is 11.2 Å². The highest BCUT2D eigenvalue weighted by atomic mass is 32.1. The molecule has 6 heteroatoms. The first kappa shape index (κ1) is 17.9. The predicted molar refractivity (Wildman–Crippen MR) is 93.8 cm³/mol. The van der Waals surface area contributed by atoms with Crippen molar-refractivity contribution >= 4 is 22.2 Å². The molecule has 1 amide bonds. The normalized spacial score (nSPS) is 14.3. The second-order valence-corrected chi connectivity index (χ2v) is 7.80. The van der Waals surface area contributed by atoms with Crippen LogP contribution in [0.4, 0.5) is 0 Å². The molecule has 0 aliphatic carbocycles. The van der Waals surface area contributed by atoms with Crippen molar-refractivity contribution in [1.82, 2.24) is 14.7 Å². The number of fused-ring (bicyclic) bond motifs is 1. The van der Waals surface area contributed by atoms with E-state index in [9.17, 15) is 9.90 Å². The highest BCUT2D eigenvalue weighted by molar-refractivity contribution is 7.15. The van der Waals surface area contributed by atoms with Gasteiger partial charge in [0.05, 0.1) is 11.3 Å². The maximum Gasteiger partial charge on any atom is 0.220 e. The molecule has 1 atom stereocenters. The lowest BCUT2D eigenvalue weighted by atomic mass is 9.95. The van der Waals surface area contributed by atoms with Crippen molar-refractivity contribution in [2.75, 3.05) is 6.54 Å². The van der Waals surface area contributed by atoms with Crippen LogP contribution in [0.25, 0.3) is 4.96 Å². The molecule has 1 unspecified atom stereocenters. The van der Waals surface area contributed by atoms with Gasteiger partial charge in [-0.15, -0.1) is 11.3 Å². The molecule has 2 aromatic rings. The largest absolute Gasteiger partial charge is 0.388 e. The number of hydrogen-bond donors (Lipinski definition) is 2. The smallest absolute Gasteiger partial charge is 0.220 e. The fourth-order valence-corrected chi connectivity index (χ4v) is 3.38. The summed E-state index contributed by atoms with van der Waals surface area (Å²) >= 11 is 1.59. The van der Waals surface area contributed by atoms with Gasteiger partial charge in [-0.1, -0.05) is 13.8 Å². The number of thiazole rings is 1. The van der Waals surface area contributed by atoms with E-state index in [4.69, 9.17) is 0 Å². The maximum atomic E-state index is 12.0. The van der Waals surface area contributed by atoms with Crippen molar-refractivity contribution in [1.29, 1.82) is 0 Å². The van der Waals surface area contributed by atoms with Crippen LogP contribution in [0.5, 0.6) is 0 Å². The van der Waals surface area contributed by atoms with Crippen LogP contribution in [-0.4, -0.2) is 32.5 Å². The number of aliphatic hydroxyl groups is 1. The summed E-state index contributed by atoms with van der Waals surface area (Å²) < 4.78 is 2.05. The number of hydrogen-bond acceptors (Lipinski definition) is 4. The minimum absolute atomic E-state index is 0.0222. The molecule has 5 nitrogen and oxygen atoms in total. The Kier molecular flexibility index (Phi) is 5.81. The average Bonchev–Trinajstić information content (AvgIpc) is 3.00. The van der Waals surface area contributed by atoms with Gasteiger partial charge in [-0.2, -0.15) is 0 Å². The molecule has 2 N–H and O–H groups in total. The first-order valence-corrected chi connectivity index (χ1v) is 9.06. The number of imidazole rings is 1. The summed E-state index contributed by atoms with van der Waals surface area (Å²) in [5.41, 5.74) is 1.26. The molecule has 0 aliphatic rings. The summed E-state index contributed by atoms with van der Waals surface area (Å²) in [4.78, 5) is 17.4. The highest BCUT2D eigenvalue weighted by Gasteiger charge is 2.21. The van der Waals surface area contributed by atoms with Gasteiger partial charge in [0.15, 0.2) is 4.96 Å². The van der Waals surface area contributed by atoms with Crippen LogP contribution in [0.2, 0.25) is 0 Å². The third-order valence-corrected chi connectivity index (χ3v) is 4.83. The average molecular weight is 337 g/mol. The summed E-state index contributed by atoms with van der Waals surface area (Å²) in [5, 5.41) is 15.2. The first-order valence-electron chi connectivity index (χ1n) is 8.18. The lowest BCUT2D eigenvalue weighted by Gasteiger charge is -2.24. The van der Waals surface area contributed by atoms with Gasteiger partial charge in [-0.05, 0) is 39.0 Å². The molecule has 0 saturated carbocycles. The van der Waals surface area contributed by atoms with Crippen molar-refractivity contribution in [3.63, 3.8) is 0 Å². The number of carbonyl (C=O) groups excluding carboxylic acids is 1. The van der Waals surface area contributed by atoms with E-state index in [0.29, 0.717) is 31.7 Å². The molecule has 0 bridgehead atoms. The Morgan fingerprint density at radius 2 is 2.26 bits per heavy atom. The zero-order valence-electron chi connectivity index (χ0n) is 14.4. The number of nitrogens with one attached hydrogen (secondary N) is 1. The number of nitrogens with zero attached hydrogens (tertiary/aromatic N) is 2. The maximum absolute atomic E-state index is 12.0. The van der Waals surface area contributed by atoms with Crippen molar-refractivity contribution < 1.29 is 9.90 Å². The third-order valence-electron chi connectivity index (χ3n) is 3.94. The van der Waals surface area contributed by atoms with Crippen LogP contribution in [0.1, 0.15) is 51.4 Å². The van der Waals surface area contributed by atoms with Gasteiger partial charge in [0, 0.05) is 30.2 Å². The molecule has 0 aliphatic heterocycles. The van der Waals surface area contributed by atoms with Crippen molar-refractivity contribution in [2.45, 2.75) is 59.0 Å². The molecule has 2 rings (SSSR count). The number of aryl methyl sites for hydroxylation is 2. The molecular weight excluding hydrogens is 310 g/mol. The Morgan fingerprint density at radius 1 is 1.52 bits per heavy atom. The molecule has 0 aromatic carbocycles. The number of amides is 1. The molecule has 2 aromatic heterocycles. The van der Waals surface area contributed by atoms with Gasteiger partial charge in [0.25, 0.3) is 0 Å². The monoisotopic (exact) mass is 337 g/mol. The Labute approximate surface area is 141 Å². The predicted octanol–water partition coefficient (Wildman–Crippen LogP) is 2.94. The van der Waals surface area contributed by atoms with Gasteiger partial charge in [0.1, 0.15) is 0 Å². The molecule has 2 heterocycles. The SMILES string of the molecule is Cc1cn2c(CCC(=O)NCC(C)(O)CCC(C)C)csc2n1.